The van der Waals surface area contributed by atoms with E-state index in [2.05, 4.69) is 5.32 Å². The zero-order valence-corrected chi connectivity index (χ0v) is 13.4. The largest absolute Gasteiger partial charge is 0.507 e. The van der Waals surface area contributed by atoms with E-state index in [0.717, 1.165) is 5.56 Å². The Bertz CT molecular complexity index is 874. The van der Waals surface area contributed by atoms with Gasteiger partial charge in [0.05, 0.1) is 22.3 Å². The van der Waals surface area contributed by atoms with E-state index >= 15 is 0 Å². The van der Waals surface area contributed by atoms with Gasteiger partial charge >= 0.3 is 0 Å². The highest BCUT2D eigenvalue weighted by Crippen LogP contribution is 2.32. The predicted octanol–water partition coefficient (Wildman–Crippen LogP) is 2.35. The smallest absolute Gasteiger partial charge is 0.255 e. The normalized spacial score (nSPS) is 18.9. The predicted molar refractivity (Wildman–Crippen MR) is 86.2 cm³/mol. The molecule has 2 N–H and O–H groups in total. The second-order valence-electron chi connectivity index (χ2n) is 5.69. The summed E-state index contributed by atoms with van der Waals surface area (Å²) in [5, 5.41) is 12.7. The first-order valence-electron chi connectivity index (χ1n) is 7.30. The van der Waals surface area contributed by atoms with Gasteiger partial charge in [-0.15, -0.1) is 0 Å². The van der Waals surface area contributed by atoms with Crippen LogP contribution in [-0.2, 0) is 9.84 Å². The number of carbonyl (C=O) groups excluding carboxylic acids is 1. The number of rotatable bonds is 2. The van der Waals surface area contributed by atoms with E-state index < -0.39 is 15.7 Å². The van der Waals surface area contributed by atoms with Crippen LogP contribution < -0.4 is 5.32 Å². The molecule has 0 aromatic heterocycles. The number of aryl methyl sites for hydroxylation is 1. The number of phenolic OH excluding ortho intramolecular Hbond substituents is 1. The molecule has 0 spiro atoms. The van der Waals surface area contributed by atoms with Gasteiger partial charge in [0.25, 0.3) is 5.91 Å². The molecule has 1 aliphatic heterocycles. The molecule has 0 unspecified atom stereocenters. The molecule has 2 aromatic rings. The van der Waals surface area contributed by atoms with Crippen molar-refractivity contribution in [3.63, 3.8) is 0 Å². The lowest BCUT2D eigenvalue weighted by Gasteiger charge is -2.26. The molecule has 0 saturated carbocycles. The van der Waals surface area contributed by atoms with Gasteiger partial charge < -0.3 is 10.4 Å². The number of hydrogen-bond donors (Lipinski definition) is 2. The summed E-state index contributed by atoms with van der Waals surface area (Å²) in [6.07, 6.45) is 0.317. The first-order chi connectivity index (χ1) is 10.9. The van der Waals surface area contributed by atoms with Crippen LogP contribution in [0.2, 0.25) is 0 Å². The highest BCUT2D eigenvalue weighted by Gasteiger charge is 2.31. The highest BCUT2D eigenvalue weighted by molar-refractivity contribution is 7.91. The lowest BCUT2D eigenvalue weighted by Crippen LogP contribution is -2.33. The van der Waals surface area contributed by atoms with E-state index in [1.807, 2.05) is 6.92 Å². The van der Waals surface area contributed by atoms with Gasteiger partial charge in [0.1, 0.15) is 5.75 Å². The third kappa shape index (κ3) is 2.94. The van der Waals surface area contributed by atoms with Crippen molar-refractivity contribution in [3.8, 4) is 5.75 Å². The van der Waals surface area contributed by atoms with Gasteiger partial charge in [-0.3, -0.25) is 4.79 Å². The minimum atomic E-state index is -3.29. The average Bonchev–Trinajstić information content (AvgIpc) is 2.50. The van der Waals surface area contributed by atoms with Crippen LogP contribution in [-0.4, -0.2) is 25.2 Å². The Kier molecular flexibility index (Phi) is 3.85. The fraction of sp³-hybridized carbons (Fsp3) is 0.235. The van der Waals surface area contributed by atoms with Crippen molar-refractivity contribution in [3.05, 3.63) is 59.2 Å². The van der Waals surface area contributed by atoms with Crippen molar-refractivity contribution < 1.29 is 18.3 Å². The Hall–Kier alpha value is -2.34. The van der Waals surface area contributed by atoms with Crippen LogP contribution >= 0.6 is 0 Å². The molecule has 1 atom stereocenters. The van der Waals surface area contributed by atoms with Crippen LogP contribution in [0.3, 0.4) is 0 Å². The maximum absolute atomic E-state index is 12.4. The number of amides is 1. The van der Waals surface area contributed by atoms with Crippen molar-refractivity contribution in [2.75, 3.05) is 5.75 Å². The number of fused-ring (bicyclic) bond motifs is 1. The summed E-state index contributed by atoms with van der Waals surface area (Å²) in [4.78, 5) is 12.7. The summed E-state index contributed by atoms with van der Waals surface area (Å²) < 4.78 is 24.2. The molecule has 3 rings (SSSR count). The summed E-state index contributed by atoms with van der Waals surface area (Å²) in [6, 6.07) is 11.1. The van der Waals surface area contributed by atoms with E-state index in [1.54, 1.807) is 36.4 Å². The third-order valence-electron chi connectivity index (χ3n) is 4.01. The van der Waals surface area contributed by atoms with E-state index in [4.69, 9.17) is 0 Å². The molecular weight excluding hydrogens is 314 g/mol. The quantitative estimate of drug-likeness (QED) is 0.885. The molecule has 6 heteroatoms. The Balaban J connectivity index is 1.90. The van der Waals surface area contributed by atoms with E-state index in [-0.39, 0.29) is 28.0 Å². The fourth-order valence-corrected chi connectivity index (χ4v) is 4.43. The lowest BCUT2D eigenvalue weighted by atomic mass is 10.0. The lowest BCUT2D eigenvalue weighted by molar-refractivity contribution is 0.0932. The van der Waals surface area contributed by atoms with Gasteiger partial charge in [0.2, 0.25) is 0 Å². The average molecular weight is 331 g/mol. The first kappa shape index (κ1) is 15.6. The van der Waals surface area contributed by atoms with Gasteiger partial charge in [-0.25, -0.2) is 8.42 Å². The Morgan fingerprint density at radius 3 is 2.70 bits per heavy atom. The summed E-state index contributed by atoms with van der Waals surface area (Å²) in [6.45, 7) is 1.82. The van der Waals surface area contributed by atoms with Crippen LogP contribution in [0.1, 0.15) is 33.9 Å². The number of aromatic hydroxyl groups is 1. The van der Waals surface area contributed by atoms with E-state index in [0.29, 0.717) is 12.0 Å². The van der Waals surface area contributed by atoms with Crippen molar-refractivity contribution >= 4 is 15.7 Å². The van der Waals surface area contributed by atoms with Crippen LogP contribution in [0.25, 0.3) is 0 Å². The number of benzene rings is 2. The Labute approximate surface area is 134 Å². The first-order valence-corrected chi connectivity index (χ1v) is 8.96. The van der Waals surface area contributed by atoms with Crippen LogP contribution in [0, 0.1) is 6.92 Å². The van der Waals surface area contributed by atoms with Crippen molar-refractivity contribution in [1.82, 2.24) is 5.32 Å². The number of phenols is 1. The molecule has 0 bridgehead atoms. The standard InChI is InChI=1S/C17H17NO4S/c1-11-6-7-13(15(19)10-11)17(20)18-14-8-9-23(21,22)16-5-3-2-4-12(14)16/h2-7,10,14,19H,8-9H2,1H3,(H,18,20)/t14-/m1/s1. The Morgan fingerprint density at radius 1 is 1.22 bits per heavy atom. The Morgan fingerprint density at radius 2 is 1.96 bits per heavy atom. The number of carbonyl (C=O) groups is 1. The number of sulfone groups is 1. The van der Waals surface area contributed by atoms with Crippen LogP contribution in [0.4, 0.5) is 0 Å². The maximum atomic E-state index is 12.4. The van der Waals surface area contributed by atoms with Gasteiger partial charge in [-0.05, 0) is 42.7 Å². The van der Waals surface area contributed by atoms with Crippen molar-refractivity contribution in [1.29, 1.82) is 0 Å². The van der Waals surface area contributed by atoms with Crippen molar-refractivity contribution in [2.45, 2.75) is 24.3 Å². The zero-order chi connectivity index (χ0) is 16.6. The number of nitrogens with one attached hydrogen (secondary N) is 1. The molecule has 120 valence electrons. The van der Waals surface area contributed by atoms with Crippen LogP contribution in [0.5, 0.6) is 5.75 Å². The van der Waals surface area contributed by atoms with Gasteiger partial charge in [-0.1, -0.05) is 24.3 Å². The molecule has 1 aliphatic rings. The van der Waals surface area contributed by atoms with E-state index in [9.17, 15) is 18.3 Å². The molecule has 0 aliphatic carbocycles. The molecule has 5 nitrogen and oxygen atoms in total. The van der Waals surface area contributed by atoms with Crippen molar-refractivity contribution in [2.24, 2.45) is 0 Å². The maximum Gasteiger partial charge on any atom is 0.255 e. The highest BCUT2D eigenvalue weighted by atomic mass is 32.2. The monoisotopic (exact) mass is 331 g/mol. The second kappa shape index (κ2) is 5.70. The molecule has 23 heavy (non-hydrogen) atoms. The summed E-state index contributed by atoms with van der Waals surface area (Å²) >= 11 is 0. The summed E-state index contributed by atoms with van der Waals surface area (Å²) in [5.41, 5.74) is 1.63. The number of hydrogen-bond acceptors (Lipinski definition) is 4. The SMILES string of the molecule is Cc1ccc(C(=O)N[C@@H]2CCS(=O)(=O)c3ccccc32)c(O)c1. The van der Waals surface area contributed by atoms with Crippen LogP contribution in [0.15, 0.2) is 47.4 Å². The van der Waals surface area contributed by atoms with E-state index in [1.165, 1.54) is 6.07 Å². The molecule has 0 saturated heterocycles. The summed E-state index contributed by atoms with van der Waals surface area (Å²) in [5.74, 6) is -0.504. The molecular formula is C17H17NO4S. The summed E-state index contributed by atoms with van der Waals surface area (Å²) in [7, 11) is -3.29. The molecule has 1 heterocycles. The molecule has 0 radical (unpaired) electrons. The molecule has 1 amide bonds. The fourth-order valence-electron chi connectivity index (χ4n) is 2.81. The minimum absolute atomic E-state index is 0.00512. The second-order valence-corrected chi connectivity index (χ2v) is 7.77. The van der Waals surface area contributed by atoms with Gasteiger partial charge in [-0.2, -0.15) is 0 Å². The third-order valence-corrected chi connectivity index (χ3v) is 5.82. The molecule has 2 aromatic carbocycles. The minimum Gasteiger partial charge on any atom is -0.507 e. The molecule has 0 fully saturated rings. The van der Waals surface area contributed by atoms with Gasteiger partial charge in [0, 0.05) is 0 Å². The van der Waals surface area contributed by atoms with Gasteiger partial charge in [0.15, 0.2) is 9.84 Å². The topological polar surface area (TPSA) is 83.5 Å². The zero-order valence-electron chi connectivity index (χ0n) is 12.6.